The summed E-state index contributed by atoms with van der Waals surface area (Å²) >= 11 is 0. The number of nitrogens with zero attached hydrogens (tertiary/aromatic N) is 2. The van der Waals surface area contributed by atoms with E-state index in [0.717, 1.165) is 16.7 Å². The Morgan fingerprint density at radius 1 is 1.05 bits per heavy atom. The SMILES string of the molecule is Cc1ccc(C(C)(C)C)cc1/C(O)=C1\C(=O)C(=O)N(Cc2ccncc2)C1c1cccc(OCC(C)C)c1. The fourth-order valence-electron chi connectivity index (χ4n) is 4.60. The maximum atomic E-state index is 13.5. The molecule has 1 amide bonds. The number of aliphatic hydroxyl groups excluding tert-OH is 1. The molecule has 0 saturated carbocycles. The first-order chi connectivity index (χ1) is 18.0. The number of hydrogen-bond acceptors (Lipinski definition) is 5. The Hall–Kier alpha value is -3.93. The van der Waals surface area contributed by atoms with Crippen molar-refractivity contribution < 1.29 is 19.4 Å². The van der Waals surface area contributed by atoms with Crippen molar-refractivity contribution >= 4 is 17.4 Å². The smallest absolute Gasteiger partial charge is 0.295 e. The molecule has 2 aromatic carbocycles. The van der Waals surface area contributed by atoms with Gasteiger partial charge in [-0.15, -0.1) is 0 Å². The largest absolute Gasteiger partial charge is 0.507 e. The second-order valence-electron chi connectivity index (χ2n) is 11.3. The Kier molecular flexibility index (Phi) is 7.72. The van der Waals surface area contributed by atoms with Crippen LogP contribution in [0.1, 0.15) is 68.5 Å². The Morgan fingerprint density at radius 3 is 2.42 bits per heavy atom. The third kappa shape index (κ3) is 5.64. The van der Waals surface area contributed by atoms with Crippen LogP contribution in [-0.2, 0) is 21.5 Å². The summed E-state index contributed by atoms with van der Waals surface area (Å²) in [6.07, 6.45) is 3.31. The number of carbonyl (C=O) groups excluding carboxylic acids is 2. The zero-order valence-electron chi connectivity index (χ0n) is 23.0. The van der Waals surface area contributed by atoms with Crippen LogP contribution in [-0.4, -0.2) is 33.3 Å². The van der Waals surface area contributed by atoms with Gasteiger partial charge in [0.25, 0.3) is 11.7 Å². The van der Waals surface area contributed by atoms with Crippen LogP contribution >= 0.6 is 0 Å². The number of amides is 1. The molecule has 0 radical (unpaired) electrons. The van der Waals surface area contributed by atoms with Crippen LogP contribution in [0.4, 0.5) is 0 Å². The van der Waals surface area contributed by atoms with Crippen molar-refractivity contribution in [3.8, 4) is 5.75 Å². The minimum atomic E-state index is -0.775. The fraction of sp³-hybridized carbons (Fsp3) is 0.344. The predicted octanol–water partition coefficient (Wildman–Crippen LogP) is 6.34. The van der Waals surface area contributed by atoms with Gasteiger partial charge in [0, 0.05) is 24.5 Å². The number of aliphatic hydroxyl groups is 1. The van der Waals surface area contributed by atoms with E-state index in [1.165, 1.54) is 4.90 Å². The average molecular weight is 513 g/mol. The summed E-state index contributed by atoms with van der Waals surface area (Å²) in [6, 6.07) is 16.2. The van der Waals surface area contributed by atoms with E-state index in [1.807, 2.05) is 61.5 Å². The molecular formula is C32H36N2O4. The fourth-order valence-corrected chi connectivity index (χ4v) is 4.60. The van der Waals surface area contributed by atoms with Gasteiger partial charge in [0.2, 0.25) is 0 Å². The van der Waals surface area contributed by atoms with Gasteiger partial charge >= 0.3 is 0 Å². The van der Waals surface area contributed by atoms with Crippen molar-refractivity contribution in [2.75, 3.05) is 6.61 Å². The molecule has 0 spiro atoms. The third-order valence-electron chi connectivity index (χ3n) is 6.76. The third-order valence-corrected chi connectivity index (χ3v) is 6.76. The molecular weight excluding hydrogens is 476 g/mol. The number of ether oxygens (including phenoxy) is 1. The first-order valence-corrected chi connectivity index (χ1v) is 13.0. The Morgan fingerprint density at radius 2 is 1.76 bits per heavy atom. The van der Waals surface area contributed by atoms with Crippen LogP contribution in [0.25, 0.3) is 5.76 Å². The van der Waals surface area contributed by atoms with E-state index in [-0.39, 0.29) is 23.3 Å². The van der Waals surface area contributed by atoms with E-state index >= 15 is 0 Å². The Balaban J connectivity index is 1.88. The predicted molar refractivity (Wildman–Crippen MR) is 149 cm³/mol. The molecule has 1 aromatic heterocycles. The lowest BCUT2D eigenvalue weighted by Crippen LogP contribution is -2.29. The maximum Gasteiger partial charge on any atom is 0.295 e. The van der Waals surface area contributed by atoms with E-state index in [2.05, 4.69) is 39.6 Å². The summed E-state index contributed by atoms with van der Waals surface area (Å²) in [6.45, 7) is 13.1. The molecule has 0 bridgehead atoms. The normalized spacial score (nSPS) is 17.3. The summed E-state index contributed by atoms with van der Waals surface area (Å²) in [4.78, 5) is 32.6. The van der Waals surface area contributed by atoms with Gasteiger partial charge in [-0.25, -0.2) is 0 Å². The zero-order valence-corrected chi connectivity index (χ0v) is 23.0. The molecule has 4 rings (SSSR count). The molecule has 1 saturated heterocycles. The van der Waals surface area contributed by atoms with E-state index in [4.69, 9.17) is 4.74 Å². The molecule has 1 atom stereocenters. The lowest BCUT2D eigenvalue weighted by atomic mass is 9.84. The summed E-state index contributed by atoms with van der Waals surface area (Å²) in [5.41, 5.74) is 3.86. The second kappa shape index (κ2) is 10.8. The molecule has 0 aliphatic carbocycles. The van der Waals surface area contributed by atoms with Crippen molar-refractivity contribution in [2.45, 2.75) is 59.5 Å². The average Bonchev–Trinajstić information content (AvgIpc) is 3.12. The molecule has 1 aliphatic rings. The van der Waals surface area contributed by atoms with Crippen LogP contribution in [0.2, 0.25) is 0 Å². The number of pyridine rings is 1. The van der Waals surface area contributed by atoms with Crippen LogP contribution < -0.4 is 4.74 Å². The number of rotatable bonds is 7. The number of carbonyl (C=O) groups is 2. The van der Waals surface area contributed by atoms with Gasteiger partial charge in [-0.1, -0.05) is 58.9 Å². The van der Waals surface area contributed by atoms with Gasteiger partial charge in [-0.05, 0) is 70.8 Å². The van der Waals surface area contributed by atoms with Gasteiger partial charge in [0.15, 0.2) is 0 Å². The Labute approximate surface area is 225 Å². The topological polar surface area (TPSA) is 79.7 Å². The van der Waals surface area contributed by atoms with Crippen molar-refractivity contribution in [1.82, 2.24) is 9.88 Å². The highest BCUT2D eigenvalue weighted by molar-refractivity contribution is 6.46. The van der Waals surface area contributed by atoms with Crippen molar-refractivity contribution in [3.63, 3.8) is 0 Å². The standard InChI is InChI=1S/C32H36N2O4/c1-20(2)19-38-25-9-7-8-23(16-25)28-27(29(35)26-17-24(32(4,5)6)11-10-21(26)3)30(36)31(37)34(28)18-22-12-14-33-15-13-22/h7-17,20,28,35H,18-19H2,1-6H3/b29-27+. The monoisotopic (exact) mass is 512 g/mol. The molecule has 6 heteroatoms. The minimum absolute atomic E-state index is 0.0826. The van der Waals surface area contributed by atoms with Crippen molar-refractivity contribution in [3.05, 3.63) is 100 Å². The molecule has 38 heavy (non-hydrogen) atoms. The number of ketones is 1. The maximum absolute atomic E-state index is 13.5. The molecule has 2 heterocycles. The van der Waals surface area contributed by atoms with E-state index in [0.29, 0.717) is 29.4 Å². The minimum Gasteiger partial charge on any atom is -0.507 e. The number of aromatic nitrogens is 1. The highest BCUT2D eigenvalue weighted by atomic mass is 16.5. The van der Waals surface area contributed by atoms with Crippen LogP contribution in [0.15, 0.2) is 72.6 Å². The molecule has 3 aromatic rings. The van der Waals surface area contributed by atoms with Gasteiger partial charge in [0.05, 0.1) is 18.2 Å². The number of hydrogen-bond donors (Lipinski definition) is 1. The number of Topliss-reactive ketones (excluding diaryl/α,β-unsaturated/α-hetero) is 1. The van der Waals surface area contributed by atoms with Gasteiger partial charge in [-0.3, -0.25) is 14.6 Å². The first-order valence-electron chi connectivity index (χ1n) is 13.0. The molecule has 198 valence electrons. The summed E-state index contributed by atoms with van der Waals surface area (Å²) in [5, 5.41) is 11.7. The Bertz CT molecular complexity index is 1370. The summed E-state index contributed by atoms with van der Waals surface area (Å²) in [5.74, 6) is -0.518. The number of likely N-dealkylation sites (tertiary alicyclic amines) is 1. The van der Waals surface area contributed by atoms with Crippen LogP contribution in [0.3, 0.4) is 0 Å². The van der Waals surface area contributed by atoms with Crippen molar-refractivity contribution in [1.29, 1.82) is 0 Å². The number of benzene rings is 2. The quantitative estimate of drug-likeness (QED) is 0.227. The summed E-state index contributed by atoms with van der Waals surface area (Å²) < 4.78 is 5.95. The van der Waals surface area contributed by atoms with E-state index in [1.54, 1.807) is 12.4 Å². The molecule has 1 fully saturated rings. The molecule has 6 nitrogen and oxygen atoms in total. The highest BCUT2D eigenvalue weighted by Gasteiger charge is 2.46. The highest BCUT2D eigenvalue weighted by Crippen LogP contribution is 2.42. The second-order valence-corrected chi connectivity index (χ2v) is 11.3. The van der Waals surface area contributed by atoms with Crippen LogP contribution in [0, 0.1) is 12.8 Å². The van der Waals surface area contributed by atoms with Gasteiger partial charge in [0.1, 0.15) is 11.5 Å². The van der Waals surface area contributed by atoms with E-state index < -0.39 is 17.7 Å². The molecule has 1 unspecified atom stereocenters. The zero-order chi connectivity index (χ0) is 27.6. The molecule has 1 N–H and O–H groups in total. The van der Waals surface area contributed by atoms with Crippen molar-refractivity contribution in [2.24, 2.45) is 5.92 Å². The first kappa shape index (κ1) is 27.1. The summed E-state index contributed by atoms with van der Waals surface area (Å²) in [7, 11) is 0. The lowest BCUT2D eigenvalue weighted by Gasteiger charge is -2.26. The molecule has 1 aliphatic heterocycles. The van der Waals surface area contributed by atoms with Crippen LogP contribution in [0.5, 0.6) is 5.75 Å². The number of aryl methyl sites for hydroxylation is 1. The van der Waals surface area contributed by atoms with E-state index in [9.17, 15) is 14.7 Å². The lowest BCUT2D eigenvalue weighted by molar-refractivity contribution is -0.140. The van der Waals surface area contributed by atoms with Gasteiger partial charge < -0.3 is 14.7 Å². The van der Waals surface area contributed by atoms with Gasteiger partial charge in [-0.2, -0.15) is 0 Å².